The van der Waals surface area contributed by atoms with E-state index in [9.17, 15) is 0 Å². The third-order valence-electron chi connectivity index (χ3n) is 7.95. The second-order valence-corrected chi connectivity index (χ2v) is 10.9. The summed E-state index contributed by atoms with van der Waals surface area (Å²) in [4.78, 5) is 14.9. The Bertz CT molecular complexity index is 2240. The van der Waals surface area contributed by atoms with Crippen LogP contribution < -0.4 is 0 Å². The fraction of sp³-hybridized carbons (Fsp3) is 0. The van der Waals surface area contributed by atoms with Crippen LogP contribution in [0.2, 0.25) is 0 Å². The molecule has 0 aliphatic heterocycles. The van der Waals surface area contributed by atoms with Gasteiger partial charge >= 0.3 is 0 Å². The van der Waals surface area contributed by atoms with Crippen LogP contribution >= 0.6 is 0 Å². The fourth-order valence-electron chi connectivity index (χ4n) is 5.59. The molecule has 0 saturated heterocycles. The maximum absolute atomic E-state index is 6.05. The standard InChI is InChI=1S/C41H27N3O/c1-4-11-28(12-5-1)29-19-21-31(22-20-29)37-27-36(30-13-6-2-7-14-30)42-40(43-37)35-18-10-17-33(25-35)34-23-24-39-38(26-34)44-41(45-39)32-15-8-3-9-16-32/h1-27H. The minimum absolute atomic E-state index is 0.618. The zero-order valence-corrected chi connectivity index (χ0v) is 24.3. The second kappa shape index (κ2) is 11.5. The summed E-state index contributed by atoms with van der Waals surface area (Å²) in [6.07, 6.45) is 0. The molecule has 8 rings (SSSR count). The van der Waals surface area contributed by atoms with Gasteiger partial charge in [0, 0.05) is 22.3 Å². The van der Waals surface area contributed by atoms with Gasteiger partial charge in [-0.05, 0) is 58.7 Å². The maximum atomic E-state index is 6.05. The molecule has 4 heteroatoms. The van der Waals surface area contributed by atoms with Crippen molar-refractivity contribution in [3.8, 4) is 67.6 Å². The van der Waals surface area contributed by atoms with E-state index in [0.29, 0.717) is 11.7 Å². The topological polar surface area (TPSA) is 51.8 Å². The molecular weight excluding hydrogens is 550 g/mol. The number of oxazole rings is 1. The molecule has 212 valence electrons. The minimum atomic E-state index is 0.618. The van der Waals surface area contributed by atoms with E-state index in [1.165, 1.54) is 11.1 Å². The Morgan fingerprint density at radius 2 is 0.822 bits per heavy atom. The molecule has 0 unspecified atom stereocenters. The summed E-state index contributed by atoms with van der Waals surface area (Å²) in [6.45, 7) is 0. The molecule has 0 aliphatic rings. The molecule has 4 nitrogen and oxygen atoms in total. The van der Waals surface area contributed by atoms with Crippen LogP contribution in [0.15, 0.2) is 168 Å². The quantitative estimate of drug-likeness (QED) is 0.197. The lowest BCUT2D eigenvalue weighted by Gasteiger charge is -2.11. The van der Waals surface area contributed by atoms with Crippen molar-refractivity contribution < 1.29 is 4.42 Å². The van der Waals surface area contributed by atoms with Gasteiger partial charge in [0.15, 0.2) is 11.4 Å². The summed E-state index contributed by atoms with van der Waals surface area (Å²) in [6, 6.07) is 55.8. The van der Waals surface area contributed by atoms with Crippen LogP contribution in [0, 0.1) is 0 Å². The average Bonchev–Trinajstić information content (AvgIpc) is 3.57. The molecule has 6 aromatic carbocycles. The van der Waals surface area contributed by atoms with Crippen molar-refractivity contribution in [2.24, 2.45) is 0 Å². The summed E-state index contributed by atoms with van der Waals surface area (Å²) in [5.41, 5.74) is 11.8. The lowest BCUT2D eigenvalue weighted by Crippen LogP contribution is -1.96. The van der Waals surface area contributed by atoms with Crippen molar-refractivity contribution in [2.45, 2.75) is 0 Å². The second-order valence-electron chi connectivity index (χ2n) is 10.9. The zero-order chi connectivity index (χ0) is 30.0. The molecule has 0 bridgehead atoms. The fourth-order valence-corrected chi connectivity index (χ4v) is 5.59. The van der Waals surface area contributed by atoms with Gasteiger partial charge in [0.05, 0.1) is 11.4 Å². The van der Waals surface area contributed by atoms with E-state index in [1.54, 1.807) is 0 Å². The molecule has 0 N–H and O–H groups in total. The SMILES string of the molecule is c1ccc(-c2ccc(-c3cc(-c4ccccc4)nc(-c4cccc(-c5ccc6oc(-c7ccccc7)nc6c5)c4)n3)cc2)cc1. The highest BCUT2D eigenvalue weighted by molar-refractivity contribution is 5.84. The number of hydrogen-bond donors (Lipinski definition) is 0. The van der Waals surface area contributed by atoms with E-state index in [2.05, 4.69) is 103 Å². The van der Waals surface area contributed by atoms with Crippen LogP contribution in [0.4, 0.5) is 0 Å². The van der Waals surface area contributed by atoms with E-state index >= 15 is 0 Å². The molecule has 8 aromatic rings. The van der Waals surface area contributed by atoms with Crippen molar-refractivity contribution in [2.75, 3.05) is 0 Å². The first-order valence-electron chi connectivity index (χ1n) is 14.9. The smallest absolute Gasteiger partial charge is 0.227 e. The van der Waals surface area contributed by atoms with Crippen molar-refractivity contribution >= 4 is 11.1 Å². The Morgan fingerprint density at radius 1 is 0.333 bits per heavy atom. The highest BCUT2D eigenvalue weighted by Crippen LogP contribution is 2.33. The van der Waals surface area contributed by atoms with Crippen LogP contribution in [-0.2, 0) is 0 Å². The molecule has 0 fully saturated rings. The van der Waals surface area contributed by atoms with Gasteiger partial charge in [0.1, 0.15) is 5.52 Å². The summed E-state index contributed by atoms with van der Waals surface area (Å²) >= 11 is 0. The van der Waals surface area contributed by atoms with E-state index < -0.39 is 0 Å². The van der Waals surface area contributed by atoms with Crippen LogP contribution in [0.1, 0.15) is 0 Å². The van der Waals surface area contributed by atoms with Gasteiger partial charge in [-0.1, -0.05) is 127 Å². The molecule has 0 spiro atoms. The maximum Gasteiger partial charge on any atom is 0.227 e. The van der Waals surface area contributed by atoms with E-state index in [-0.39, 0.29) is 0 Å². The average molecular weight is 578 g/mol. The van der Waals surface area contributed by atoms with Gasteiger partial charge in [0.25, 0.3) is 0 Å². The number of fused-ring (bicyclic) bond motifs is 1. The Morgan fingerprint density at radius 3 is 1.51 bits per heavy atom. The largest absolute Gasteiger partial charge is 0.436 e. The first kappa shape index (κ1) is 26.5. The zero-order valence-electron chi connectivity index (χ0n) is 24.3. The highest BCUT2D eigenvalue weighted by atomic mass is 16.3. The molecule has 0 saturated carbocycles. The normalized spacial score (nSPS) is 11.1. The molecule has 0 amide bonds. The van der Waals surface area contributed by atoms with Crippen molar-refractivity contribution in [3.63, 3.8) is 0 Å². The third kappa shape index (κ3) is 5.41. The molecule has 2 heterocycles. The van der Waals surface area contributed by atoms with Gasteiger partial charge in [-0.25, -0.2) is 15.0 Å². The van der Waals surface area contributed by atoms with Crippen molar-refractivity contribution in [1.82, 2.24) is 15.0 Å². The third-order valence-corrected chi connectivity index (χ3v) is 7.95. The number of aromatic nitrogens is 3. The summed E-state index contributed by atoms with van der Waals surface area (Å²) in [5, 5.41) is 0. The van der Waals surface area contributed by atoms with E-state index in [0.717, 1.165) is 55.9 Å². The predicted molar refractivity (Wildman–Crippen MR) is 182 cm³/mol. The van der Waals surface area contributed by atoms with Crippen LogP contribution in [0.5, 0.6) is 0 Å². The van der Waals surface area contributed by atoms with Gasteiger partial charge in [-0.2, -0.15) is 0 Å². The van der Waals surface area contributed by atoms with Crippen LogP contribution in [0.25, 0.3) is 78.7 Å². The van der Waals surface area contributed by atoms with Crippen molar-refractivity contribution in [3.05, 3.63) is 164 Å². The Labute approximate surface area is 261 Å². The van der Waals surface area contributed by atoms with E-state index in [4.69, 9.17) is 19.4 Å². The number of benzene rings is 6. The number of rotatable bonds is 6. The van der Waals surface area contributed by atoms with Gasteiger partial charge in [0.2, 0.25) is 5.89 Å². The lowest BCUT2D eigenvalue weighted by molar-refractivity contribution is 0.620. The van der Waals surface area contributed by atoms with Gasteiger partial charge in [-0.3, -0.25) is 0 Å². The van der Waals surface area contributed by atoms with Crippen LogP contribution in [0.3, 0.4) is 0 Å². The van der Waals surface area contributed by atoms with Gasteiger partial charge in [-0.15, -0.1) is 0 Å². The monoisotopic (exact) mass is 577 g/mol. The number of hydrogen-bond acceptors (Lipinski definition) is 4. The minimum Gasteiger partial charge on any atom is -0.436 e. The molecule has 0 radical (unpaired) electrons. The molecule has 0 aliphatic carbocycles. The first-order chi connectivity index (χ1) is 22.3. The predicted octanol–water partition coefficient (Wildman–Crippen LogP) is 10.6. The Balaban J connectivity index is 1.18. The summed E-state index contributed by atoms with van der Waals surface area (Å²) in [5.74, 6) is 1.29. The van der Waals surface area contributed by atoms with E-state index in [1.807, 2.05) is 60.7 Å². The Kier molecular flexibility index (Phi) is 6.78. The molecule has 0 atom stereocenters. The highest BCUT2D eigenvalue weighted by Gasteiger charge is 2.13. The van der Waals surface area contributed by atoms with Crippen molar-refractivity contribution in [1.29, 1.82) is 0 Å². The lowest BCUT2D eigenvalue weighted by atomic mass is 10.0. The first-order valence-corrected chi connectivity index (χ1v) is 14.9. The number of nitrogens with zero attached hydrogens (tertiary/aromatic N) is 3. The van der Waals surface area contributed by atoms with Crippen LogP contribution in [-0.4, -0.2) is 15.0 Å². The molecule has 2 aromatic heterocycles. The molecular formula is C41H27N3O. The van der Waals surface area contributed by atoms with Gasteiger partial charge < -0.3 is 4.42 Å². The summed E-state index contributed by atoms with van der Waals surface area (Å²) in [7, 11) is 0. The Hall–Kier alpha value is -6.13. The summed E-state index contributed by atoms with van der Waals surface area (Å²) < 4.78 is 6.05. The molecule has 45 heavy (non-hydrogen) atoms.